The Morgan fingerprint density at radius 1 is 1.30 bits per heavy atom. The van der Waals surface area contributed by atoms with Gasteiger partial charge in [0.15, 0.2) is 0 Å². The normalized spacial score (nSPS) is 26.7. The van der Waals surface area contributed by atoms with Crippen molar-refractivity contribution < 1.29 is 9.47 Å². The van der Waals surface area contributed by atoms with E-state index < -0.39 is 0 Å². The number of aromatic amines is 1. The molecule has 3 aromatic rings. The first-order valence-electron chi connectivity index (χ1n) is 9.88. The molecule has 3 heteroatoms. The Morgan fingerprint density at radius 3 is 2.85 bits per heavy atom. The molecule has 1 aliphatic heterocycles. The summed E-state index contributed by atoms with van der Waals surface area (Å²) in [7, 11) is 1.73. The molecular weight excluding hydrogens is 334 g/mol. The van der Waals surface area contributed by atoms with Crippen LogP contribution in [-0.2, 0) is 0 Å². The van der Waals surface area contributed by atoms with E-state index in [-0.39, 0.29) is 5.60 Å². The van der Waals surface area contributed by atoms with Gasteiger partial charge in [0.1, 0.15) is 17.1 Å². The monoisotopic (exact) mass is 361 g/mol. The lowest BCUT2D eigenvalue weighted by atomic mass is 9.65. The van der Waals surface area contributed by atoms with Crippen LogP contribution >= 0.6 is 0 Å². The molecule has 0 radical (unpaired) electrons. The molecule has 1 N–H and O–H groups in total. The van der Waals surface area contributed by atoms with E-state index in [0.29, 0.717) is 11.8 Å². The van der Waals surface area contributed by atoms with Crippen LogP contribution < -0.4 is 9.47 Å². The average molecular weight is 361 g/mol. The molecule has 140 valence electrons. The Morgan fingerprint density at radius 2 is 2.11 bits per heavy atom. The standard InChI is InChI=1S/C24H27NO2/c1-13(2)15-9-10-24(4)12-18(15)20-22-17(11-14(3)23(20)27-24)16-7-6-8-19(26-5)21(16)25-22/h6-8,11,15,18,25H,1,9-10,12H2,2-5H3. The lowest BCUT2D eigenvalue weighted by Crippen LogP contribution is -2.44. The molecule has 1 aliphatic carbocycles. The Bertz CT molecular complexity index is 1090. The maximum Gasteiger partial charge on any atom is 0.142 e. The lowest BCUT2D eigenvalue weighted by Gasteiger charge is -2.48. The SMILES string of the molecule is C=C(C)C1CCC2(C)CC1c1c(c(C)cc3c1[nH]c1c(OC)cccc13)O2. The summed E-state index contributed by atoms with van der Waals surface area (Å²) in [6, 6.07) is 8.52. The molecule has 1 fully saturated rings. The highest BCUT2D eigenvalue weighted by atomic mass is 16.5. The molecule has 2 aliphatic rings. The van der Waals surface area contributed by atoms with Gasteiger partial charge in [0.2, 0.25) is 0 Å². The summed E-state index contributed by atoms with van der Waals surface area (Å²) < 4.78 is 12.2. The van der Waals surface area contributed by atoms with Gasteiger partial charge in [0.05, 0.1) is 18.1 Å². The third-order valence-electron chi connectivity index (χ3n) is 6.76. The fourth-order valence-electron chi connectivity index (χ4n) is 5.44. The topological polar surface area (TPSA) is 34.2 Å². The van der Waals surface area contributed by atoms with Crippen LogP contribution in [-0.4, -0.2) is 17.7 Å². The van der Waals surface area contributed by atoms with E-state index in [1.807, 2.05) is 6.07 Å². The van der Waals surface area contributed by atoms with E-state index in [2.05, 4.69) is 50.5 Å². The molecule has 0 saturated heterocycles. The highest BCUT2D eigenvalue weighted by Gasteiger charge is 2.46. The van der Waals surface area contributed by atoms with Gasteiger partial charge in [-0.3, -0.25) is 0 Å². The minimum absolute atomic E-state index is 0.0637. The number of nitrogens with one attached hydrogen (secondary N) is 1. The number of rotatable bonds is 2. The Balaban J connectivity index is 1.87. The lowest BCUT2D eigenvalue weighted by molar-refractivity contribution is 0.00731. The van der Waals surface area contributed by atoms with Crippen molar-refractivity contribution in [3.63, 3.8) is 0 Å². The number of ether oxygens (including phenoxy) is 2. The first-order chi connectivity index (χ1) is 12.9. The maximum absolute atomic E-state index is 6.63. The molecule has 2 bridgehead atoms. The van der Waals surface area contributed by atoms with Crippen molar-refractivity contribution in [1.29, 1.82) is 0 Å². The second kappa shape index (κ2) is 5.54. The molecular formula is C24H27NO2. The first-order valence-corrected chi connectivity index (χ1v) is 9.88. The fraction of sp³-hybridized carbons (Fsp3) is 0.417. The van der Waals surface area contributed by atoms with Crippen LogP contribution in [0, 0.1) is 12.8 Å². The molecule has 27 heavy (non-hydrogen) atoms. The summed E-state index contributed by atoms with van der Waals surface area (Å²) in [6.07, 6.45) is 3.30. The zero-order chi connectivity index (χ0) is 18.9. The Kier molecular flexibility index (Phi) is 3.43. The average Bonchev–Trinajstić information content (AvgIpc) is 2.99. The van der Waals surface area contributed by atoms with Gasteiger partial charge in [0.25, 0.3) is 0 Å². The summed E-state index contributed by atoms with van der Waals surface area (Å²) in [4.78, 5) is 3.69. The highest BCUT2D eigenvalue weighted by molar-refractivity contribution is 6.11. The minimum atomic E-state index is -0.0637. The predicted octanol–water partition coefficient (Wildman–Crippen LogP) is 6.25. The molecule has 2 aromatic carbocycles. The van der Waals surface area contributed by atoms with Crippen LogP contribution in [0.2, 0.25) is 0 Å². The second-order valence-corrected chi connectivity index (χ2v) is 8.72. The molecule has 0 spiro atoms. The second-order valence-electron chi connectivity index (χ2n) is 8.72. The Labute approximate surface area is 160 Å². The van der Waals surface area contributed by atoms with Gasteiger partial charge in [-0.1, -0.05) is 24.3 Å². The summed E-state index contributed by atoms with van der Waals surface area (Å²) in [5, 5.41) is 2.48. The van der Waals surface area contributed by atoms with Crippen molar-refractivity contribution in [3.8, 4) is 11.5 Å². The van der Waals surface area contributed by atoms with Gasteiger partial charge in [-0.2, -0.15) is 0 Å². The number of hydrogen-bond donors (Lipinski definition) is 1. The smallest absolute Gasteiger partial charge is 0.142 e. The third kappa shape index (κ3) is 2.27. The van der Waals surface area contributed by atoms with Crippen LogP contribution in [0.25, 0.3) is 21.8 Å². The van der Waals surface area contributed by atoms with Gasteiger partial charge >= 0.3 is 0 Å². The molecule has 3 unspecified atom stereocenters. The number of H-pyrrole nitrogens is 1. The van der Waals surface area contributed by atoms with E-state index in [4.69, 9.17) is 9.47 Å². The predicted molar refractivity (Wildman–Crippen MR) is 111 cm³/mol. The zero-order valence-corrected chi connectivity index (χ0v) is 16.6. The van der Waals surface area contributed by atoms with Gasteiger partial charge in [-0.15, -0.1) is 0 Å². The summed E-state index contributed by atoms with van der Waals surface area (Å²) in [5.41, 5.74) is 6.06. The summed E-state index contributed by atoms with van der Waals surface area (Å²) in [6.45, 7) is 11.0. The van der Waals surface area contributed by atoms with Crippen molar-refractivity contribution in [1.82, 2.24) is 4.98 Å². The van der Waals surface area contributed by atoms with E-state index >= 15 is 0 Å². The molecule has 2 heterocycles. The van der Waals surface area contributed by atoms with Gasteiger partial charge < -0.3 is 14.5 Å². The third-order valence-corrected chi connectivity index (χ3v) is 6.76. The van der Waals surface area contributed by atoms with Gasteiger partial charge in [-0.25, -0.2) is 0 Å². The number of para-hydroxylation sites is 1. The van der Waals surface area contributed by atoms with Crippen molar-refractivity contribution in [2.45, 2.75) is 51.6 Å². The minimum Gasteiger partial charge on any atom is -0.495 e. The van der Waals surface area contributed by atoms with Crippen molar-refractivity contribution in [2.24, 2.45) is 5.92 Å². The van der Waals surface area contributed by atoms with E-state index in [1.165, 1.54) is 33.0 Å². The molecule has 1 saturated carbocycles. The highest BCUT2D eigenvalue weighted by Crippen LogP contribution is 2.56. The van der Waals surface area contributed by atoms with Crippen LogP contribution in [0.5, 0.6) is 11.5 Å². The van der Waals surface area contributed by atoms with Gasteiger partial charge in [0, 0.05) is 16.3 Å². The number of aryl methyl sites for hydroxylation is 1. The number of fused-ring (bicyclic) bond motifs is 8. The van der Waals surface area contributed by atoms with E-state index in [9.17, 15) is 0 Å². The number of hydrogen-bond acceptors (Lipinski definition) is 2. The number of benzene rings is 2. The van der Waals surface area contributed by atoms with Crippen molar-refractivity contribution >= 4 is 21.8 Å². The Hall–Kier alpha value is -2.42. The van der Waals surface area contributed by atoms with Crippen LogP contribution in [0.3, 0.4) is 0 Å². The van der Waals surface area contributed by atoms with E-state index in [1.54, 1.807) is 7.11 Å². The molecule has 0 amide bonds. The van der Waals surface area contributed by atoms with Crippen LogP contribution in [0.15, 0.2) is 36.4 Å². The van der Waals surface area contributed by atoms with E-state index in [0.717, 1.165) is 36.3 Å². The number of aromatic nitrogens is 1. The van der Waals surface area contributed by atoms with Crippen LogP contribution in [0.1, 0.15) is 50.2 Å². The molecule has 1 aromatic heterocycles. The summed E-state index contributed by atoms with van der Waals surface area (Å²) >= 11 is 0. The first kappa shape index (κ1) is 16.7. The molecule has 3 atom stereocenters. The van der Waals surface area contributed by atoms with Gasteiger partial charge in [-0.05, 0) is 69.6 Å². The van der Waals surface area contributed by atoms with Crippen molar-refractivity contribution in [2.75, 3.05) is 7.11 Å². The van der Waals surface area contributed by atoms with Crippen molar-refractivity contribution in [3.05, 3.63) is 47.5 Å². The number of allylic oxidation sites excluding steroid dienone is 1. The maximum atomic E-state index is 6.63. The van der Waals surface area contributed by atoms with Crippen LogP contribution in [0.4, 0.5) is 0 Å². The zero-order valence-electron chi connectivity index (χ0n) is 16.6. The fourth-order valence-corrected chi connectivity index (χ4v) is 5.44. The molecule has 5 rings (SSSR count). The quantitative estimate of drug-likeness (QED) is 0.548. The number of methoxy groups -OCH3 is 1. The summed E-state index contributed by atoms with van der Waals surface area (Å²) in [5.74, 6) is 2.93. The molecule has 3 nitrogen and oxygen atoms in total. The largest absolute Gasteiger partial charge is 0.495 e.